The number of fused-ring (bicyclic) bond motifs is 1. The van der Waals surface area contributed by atoms with Gasteiger partial charge in [0.1, 0.15) is 0 Å². The molecule has 0 saturated carbocycles. The van der Waals surface area contributed by atoms with Crippen molar-refractivity contribution in [2.45, 2.75) is 12.6 Å². The number of nitrogens with zero attached hydrogens (tertiary/aromatic N) is 4. The lowest BCUT2D eigenvalue weighted by molar-refractivity contribution is -0.136. The van der Waals surface area contributed by atoms with Crippen molar-refractivity contribution >= 4 is 23.1 Å². The van der Waals surface area contributed by atoms with E-state index in [4.69, 9.17) is 0 Å². The molecule has 0 unspecified atom stereocenters. The van der Waals surface area contributed by atoms with Gasteiger partial charge in [0.2, 0.25) is 0 Å². The summed E-state index contributed by atoms with van der Waals surface area (Å²) in [5.41, 5.74) is 1.33. The Labute approximate surface area is 147 Å². The zero-order chi connectivity index (χ0) is 18.1. The quantitative estimate of drug-likeness (QED) is 0.756. The predicted molar refractivity (Wildman–Crippen MR) is 91.7 cm³/mol. The highest BCUT2D eigenvalue weighted by molar-refractivity contribution is 5.67. The van der Waals surface area contributed by atoms with Gasteiger partial charge in [0.05, 0.1) is 17.4 Å². The molecule has 0 aliphatic carbocycles. The van der Waals surface area contributed by atoms with Gasteiger partial charge < -0.3 is 10.2 Å². The van der Waals surface area contributed by atoms with Crippen LogP contribution in [0.2, 0.25) is 0 Å². The average molecular weight is 357 g/mol. The maximum absolute atomic E-state index is 13.1. The van der Waals surface area contributed by atoms with Crippen molar-refractivity contribution in [3.63, 3.8) is 0 Å². The molecule has 3 aromatic rings. The summed E-state index contributed by atoms with van der Waals surface area (Å²) in [5, 5.41) is 10.6. The molecule has 0 radical (unpaired) electrons. The van der Waals surface area contributed by atoms with Crippen LogP contribution in [0.5, 0.6) is 0 Å². The van der Waals surface area contributed by atoms with Crippen LogP contribution in [0.25, 0.3) is 0 Å². The van der Waals surface area contributed by atoms with Crippen molar-refractivity contribution in [2.24, 2.45) is 0 Å². The number of anilines is 4. The summed E-state index contributed by atoms with van der Waals surface area (Å²) in [7, 11) is 0. The number of alkyl halides is 3. The molecule has 2 heterocycles. The Morgan fingerprint density at radius 2 is 1.77 bits per heavy atom. The number of rotatable bonds is 3. The first-order chi connectivity index (χ1) is 12.5. The maximum Gasteiger partial charge on any atom is 0.418 e. The van der Waals surface area contributed by atoms with Crippen LogP contribution in [-0.4, -0.2) is 21.7 Å². The summed E-state index contributed by atoms with van der Waals surface area (Å²) in [6.07, 6.45) is -2.30. The second-order valence-corrected chi connectivity index (χ2v) is 5.84. The third kappa shape index (κ3) is 3.05. The minimum Gasteiger partial charge on any atom is -0.338 e. The van der Waals surface area contributed by atoms with E-state index in [2.05, 4.69) is 20.5 Å². The molecule has 0 atom stereocenters. The van der Waals surface area contributed by atoms with E-state index in [1.807, 2.05) is 29.2 Å². The summed E-state index contributed by atoms with van der Waals surface area (Å²) in [6, 6.07) is 13.1. The third-order valence-electron chi connectivity index (χ3n) is 4.17. The van der Waals surface area contributed by atoms with Crippen molar-refractivity contribution < 1.29 is 13.2 Å². The second-order valence-electron chi connectivity index (χ2n) is 5.84. The Kier molecular flexibility index (Phi) is 3.95. The van der Waals surface area contributed by atoms with Crippen molar-refractivity contribution in [2.75, 3.05) is 16.8 Å². The number of hydrogen-bond donors (Lipinski definition) is 1. The minimum atomic E-state index is -4.46. The molecule has 26 heavy (non-hydrogen) atoms. The van der Waals surface area contributed by atoms with E-state index in [-0.39, 0.29) is 11.5 Å². The second kappa shape index (κ2) is 6.29. The molecule has 1 aliphatic heterocycles. The van der Waals surface area contributed by atoms with Crippen LogP contribution in [0.15, 0.2) is 54.7 Å². The number of halogens is 3. The van der Waals surface area contributed by atoms with Crippen molar-refractivity contribution in [1.82, 2.24) is 15.2 Å². The molecule has 1 N–H and O–H groups in total. The molecule has 0 fully saturated rings. The first kappa shape index (κ1) is 16.3. The molecule has 2 aromatic carbocycles. The number of para-hydroxylation sites is 2. The van der Waals surface area contributed by atoms with Gasteiger partial charge in [-0.3, -0.25) is 0 Å². The Morgan fingerprint density at radius 3 is 2.62 bits per heavy atom. The number of aromatic nitrogens is 3. The van der Waals surface area contributed by atoms with Crippen LogP contribution >= 0.6 is 0 Å². The molecule has 8 heteroatoms. The van der Waals surface area contributed by atoms with Gasteiger partial charge in [-0.2, -0.15) is 23.3 Å². The van der Waals surface area contributed by atoms with Gasteiger partial charge in [0.25, 0.3) is 5.95 Å². The zero-order valence-electron chi connectivity index (χ0n) is 13.5. The molecule has 5 nitrogen and oxygen atoms in total. The Balaban J connectivity index is 1.64. The van der Waals surface area contributed by atoms with E-state index in [0.29, 0.717) is 12.5 Å². The molecular formula is C18H14F3N5. The van der Waals surface area contributed by atoms with Crippen LogP contribution < -0.4 is 10.2 Å². The SMILES string of the molecule is FC(F)(F)c1ccccc1Nc1cnnc(N2CCc3ccccc32)n1. The molecule has 0 saturated heterocycles. The Hall–Kier alpha value is -3.16. The van der Waals surface area contributed by atoms with E-state index in [1.165, 1.54) is 30.0 Å². The summed E-state index contributed by atoms with van der Waals surface area (Å²) in [6.45, 7) is 0.698. The summed E-state index contributed by atoms with van der Waals surface area (Å²) in [5.74, 6) is 0.556. The van der Waals surface area contributed by atoms with Crippen molar-refractivity contribution in [3.05, 3.63) is 65.9 Å². The van der Waals surface area contributed by atoms with Gasteiger partial charge in [0.15, 0.2) is 5.82 Å². The smallest absolute Gasteiger partial charge is 0.338 e. The highest BCUT2D eigenvalue weighted by Gasteiger charge is 2.33. The summed E-state index contributed by atoms with van der Waals surface area (Å²) in [4.78, 5) is 6.25. The van der Waals surface area contributed by atoms with Crippen molar-refractivity contribution in [1.29, 1.82) is 0 Å². The lowest BCUT2D eigenvalue weighted by atomic mass is 10.1. The van der Waals surface area contributed by atoms with Gasteiger partial charge >= 0.3 is 6.18 Å². The van der Waals surface area contributed by atoms with Gasteiger partial charge in [-0.15, -0.1) is 5.10 Å². The highest BCUT2D eigenvalue weighted by atomic mass is 19.4. The van der Waals surface area contributed by atoms with Gasteiger partial charge in [-0.25, -0.2) is 0 Å². The lowest BCUT2D eigenvalue weighted by Gasteiger charge is -2.18. The fourth-order valence-electron chi connectivity index (χ4n) is 2.99. The number of hydrogen-bond acceptors (Lipinski definition) is 5. The van der Waals surface area contributed by atoms with Gasteiger partial charge in [0, 0.05) is 12.2 Å². The first-order valence-electron chi connectivity index (χ1n) is 8.01. The maximum atomic E-state index is 13.1. The number of benzene rings is 2. The van der Waals surface area contributed by atoms with E-state index in [0.717, 1.165) is 18.2 Å². The molecule has 132 valence electrons. The van der Waals surface area contributed by atoms with E-state index in [1.54, 1.807) is 0 Å². The largest absolute Gasteiger partial charge is 0.418 e. The normalized spacial score (nSPS) is 13.6. The van der Waals surface area contributed by atoms with Crippen LogP contribution in [0.3, 0.4) is 0 Å². The van der Waals surface area contributed by atoms with Gasteiger partial charge in [-0.05, 0) is 30.2 Å². The first-order valence-corrected chi connectivity index (χ1v) is 8.01. The highest BCUT2D eigenvalue weighted by Crippen LogP contribution is 2.36. The lowest BCUT2D eigenvalue weighted by Crippen LogP contribution is -2.17. The van der Waals surface area contributed by atoms with E-state index >= 15 is 0 Å². The predicted octanol–water partition coefficient (Wildman–Crippen LogP) is 4.33. The van der Waals surface area contributed by atoms with Gasteiger partial charge in [-0.1, -0.05) is 30.3 Å². The Morgan fingerprint density at radius 1 is 1.00 bits per heavy atom. The fraction of sp³-hybridized carbons (Fsp3) is 0.167. The fourth-order valence-corrected chi connectivity index (χ4v) is 2.99. The van der Waals surface area contributed by atoms with E-state index < -0.39 is 11.7 Å². The molecule has 1 aliphatic rings. The topological polar surface area (TPSA) is 53.9 Å². The van der Waals surface area contributed by atoms with E-state index in [9.17, 15) is 13.2 Å². The molecule has 0 bridgehead atoms. The van der Waals surface area contributed by atoms with Crippen LogP contribution in [-0.2, 0) is 12.6 Å². The average Bonchev–Trinajstić information content (AvgIpc) is 3.06. The monoisotopic (exact) mass is 357 g/mol. The van der Waals surface area contributed by atoms with Crippen LogP contribution in [0.1, 0.15) is 11.1 Å². The summed E-state index contributed by atoms with van der Waals surface area (Å²) < 4.78 is 39.4. The van der Waals surface area contributed by atoms with Crippen molar-refractivity contribution in [3.8, 4) is 0 Å². The molecular weight excluding hydrogens is 343 g/mol. The molecule has 0 spiro atoms. The summed E-state index contributed by atoms with van der Waals surface area (Å²) >= 11 is 0. The molecule has 4 rings (SSSR count). The Bertz CT molecular complexity index is 942. The third-order valence-corrected chi connectivity index (χ3v) is 4.17. The molecule has 0 amide bonds. The minimum absolute atomic E-state index is 0.0757. The molecule has 1 aromatic heterocycles. The van der Waals surface area contributed by atoms with Crippen LogP contribution in [0, 0.1) is 0 Å². The number of nitrogens with one attached hydrogen (secondary N) is 1. The standard InChI is InChI=1S/C18H14F3N5/c19-18(20,21)13-6-2-3-7-14(13)23-16-11-22-25-17(24-16)26-10-9-12-5-1-4-8-15(12)26/h1-8,11H,9-10H2,(H,23,24,25). The van der Waals surface area contributed by atoms with Crippen LogP contribution in [0.4, 0.5) is 36.3 Å². The zero-order valence-corrected chi connectivity index (χ0v) is 13.5.